The average Bonchev–Trinajstić information content (AvgIpc) is 3.79. The van der Waals surface area contributed by atoms with Gasteiger partial charge in [-0.15, -0.1) is 0 Å². The highest BCUT2D eigenvalue weighted by Gasteiger charge is 2.28. The van der Waals surface area contributed by atoms with Crippen molar-refractivity contribution >= 4 is 10.8 Å². The number of aryl methyl sites for hydroxylation is 3. The van der Waals surface area contributed by atoms with Crippen LogP contribution >= 0.6 is 0 Å². The third-order valence-corrected chi connectivity index (χ3v) is 15.9. The van der Waals surface area contributed by atoms with Crippen LogP contribution in [0, 0.1) is 36.5 Å². The largest absolute Gasteiger partial charge is 0.0776 e. The Balaban J connectivity index is 0.000000250. The van der Waals surface area contributed by atoms with Gasteiger partial charge >= 0.3 is 0 Å². The van der Waals surface area contributed by atoms with E-state index >= 15 is 0 Å². The van der Waals surface area contributed by atoms with Crippen molar-refractivity contribution in [3.63, 3.8) is 0 Å². The molecule has 0 spiro atoms. The lowest BCUT2D eigenvalue weighted by Crippen LogP contribution is -2.17. The Kier molecular flexibility index (Phi) is 27.6. The van der Waals surface area contributed by atoms with Gasteiger partial charge in [0.2, 0.25) is 0 Å². The Bertz CT molecular complexity index is 2600. The maximum absolute atomic E-state index is 2.37. The van der Waals surface area contributed by atoms with Gasteiger partial charge in [0.1, 0.15) is 0 Å². The molecule has 0 amide bonds. The van der Waals surface area contributed by atoms with Crippen LogP contribution in [0.3, 0.4) is 0 Å². The number of hydrogen-bond acceptors (Lipinski definition) is 0. The minimum atomic E-state index is 0. The van der Waals surface area contributed by atoms with Gasteiger partial charge in [0.15, 0.2) is 0 Å². The second-order valence-electron chi connectivity index (χ2n) is 26.2. The fourth-order valence-corrected chi connectivity index (χ4v) is 12.6. The Labute approximate surface area is 471 Å². The van der Waals surface area contributed by atoms with Crippen LogP contribution in [0.5, 0.6) is 0 Å². The molecule has 8 rings (SSSR count). The molecule has 6 aromatic carbocycles. The topological polar surface area (TPSA) is 0 Å². The number of hydrogen-bond donors (Lipinski definition) is 0. The maximum Gasteiger partial charge on any atom is -0.0130 e. The number of rotatable bonds is 13. The van der Waals surface area contributed by atoms with E-state index in [1.165, 1.54) is 95.5 Å². The quantitative estimate of drug-likeness (QED) is 0.108. The molecule has 0 heteroatoms. The van der Waals surface area contributed by atoms with E-state index in [0.717, 1.165) is 35.5 Å². The average molecular weight is 1030 g/mol. The third kappa shape index (κ3) is 18.9. The molecule has 0 aromatic heterocycles. The SMILES string of the molecule is C.CC(C)Cc1ccc2ccccc2c1C(C)C.CC(C)Cc1ccccc1C(C)C.CC(C)c1cccc2c1C(C(C)C)CC2.CC(C)c1cccc2c1C(C(C)C)CCC2.Cc1cccc(CC(C)C)c1C(C)C. The Morgan fingerprint density at radius 1 is 0.368 bits per heavy atom. The molecule has 0 radical (unpaired) electrons. The summed E-state index contributed by atoms with van der Waals surface area (Å²) < 4.78 is 0. The summed E-state index contributed by atoms with van der Waals surface area (Å²) in [6.07, 6.45) is 10.3. The van der Waals surface area contributed by atoms with E-state index < -0.39 is 0 Å². The molecule has 0 fully saturated rings. The summed E-state index contributed by atoms with van der Waals surface area (Å²) in [6, 6.07) is 42.6. The van der Waals surface area contributed by atoms with E-state index in [2.05, 4.69) is 261 Å². The molecule has 6 aromatic rings. The fraction of sp³-hybridized carbons (Fsp3) is 0.553. The van der Waals surface area contributed by atoms with Crippen molar-refractivity contribution in [3.8, 4) is 0 Å². The summed E-state index contributed by atoms with van der Waals surface area (Å²) in [5.41, 5.74) is 20.4. The lowest BCUT2D eigenvalue weighted by Gasteiger charge is -2.32. The normalized spacial score (nSPS) is 14.8. The molecule has 0 N–H and O–H groups in total. The van der Waals surface area contributed by atoms with E-state index in [-0.39, 0.29) is 7.43 Å². The second kappa shape index (κ2) is 31.8. The van der Waals surface area contributed by atoms with Crippen LogP contribution in [0.25, 0.3) is 10.8 Å². The highest BCUT2D eigenvalue weighted by Crippen LogP contribution is 2.43. The van der Waals surface area contributed by atoms with Gasteiger partial charge in [-0.2, -0.15) is 0 Å². The summed E-state index contributed by atoms with van der Waals surface area (Å²) in [4.78, 5) is 0. The van der Waals surface area contributed by atoms with Gasteiger partial charge in [-0.25, -0.2) is 0 Å². The van der Waals surface area contributed by atoms with Gasteiger partial charge in [-0.3, -0.25) is 0 Å². The van der Waals surface area contributed by atoms with Gasteiger partial charge in [0.05, 0.1) is 0 Å². The van der Waals surface area contributed by atoms with E-state index in [1.807, 2.05) is 0 Å². The van der Waals surface area contributed by atoms with Gasteiger partial charge in [0.25, 0.3) is 0 Å². The van der Waals surface area contributed by atoms with Crippen LogP contribution in [0.1, 0.15) is 279 Å². The first-order chi connectivity index (χ1) is 35.4. The molecule has 2 aliphatic rings. The molecule has 0 saturated heterocycles. The maximum atomic E-state index is 2.37. The van der Waals surface area contributed by atoms with Crippen molar-refractivity contribution in [1.82, 2.24) is 0 Å². The summed E-state index contributed by atoms with van der Waals surface area (Å²) >= 11 is 0. The van der Waals surface area contributed by atoms with Crippen LogP contribution in [-0.4, -0.2) is 0 Å². The monoisotopic (exact) mass is 1030 g/mol. The van der Waals surface area contributed by atoms with E-state index in [1.54, 1.807) is 38.9 Å². The zero-order valence-corrected chi connectivity index (χ0v) is 52.1. The molecule has 2 unspecified atom stereocenters. The summed E-state index contributed by atoms with van der Waals surface area (Å²) in [6.45, 7) is 48.3. The molecule has 0 heterocycles. The summed E-state index contributed by atoms with van der Waals surface area (Å²) in [5, 5.41) is 2.80. The Morgan fingerprint density at radius 3 is 1.29 bits per heavy atom. The molecule has 418 valence electrons. The van der Waals surface area contributed by atoms with Crippen molar-refractivity contribution in [2.75, 3.05) is 0 Å². The first-order valence-corrected chi connectivity index (χ1v) is 30.3. The first-order valence-electron chi connectivity index (χ1n) is 30.3. The summed E-state index contributed by atoms with van der Waals surface area (Å²) in [7, 11) is 0. The van der Waals surface area contributed by atoms with Gasteiger partial charge in [-0.05, 0) is 212 Å². The molecule has 0 bridgehead atoms. The molecule has 2 aliphatic carbocycles. The Morgan fingerprint density at radius 2 is 0.789 bits per heavy atom. The van der Waals surface area contributed by atoms with E-state index in [0.29, 0.717) is 35.5 Å². The van der Waals surface area contributed by atoms with Gasteiger partial charge in [0, 0.05) is 0 Å². The molecule has 0 saturated carbocycles. The zero-order valence-electron chi connectivity index (χ0n) is 52.1. The molecular formula is C76H114. The van der Waals surface area contributed by atoms with Crippen LogP contribution in [-0.2, 0) is 32.1 Å². The molecule has 76 heavy (non-hydrogen) atoms. The molecule has 0 nitrogen and oxygen atoms in total. The predicted octanol–water partition coefficient (Wildman–Crippen LogP) is 23.5. The number of benzene rings is 6. The predicted molar refractivity (Wildman–Crippen MR) is 344 cm³/mol. The minimum absolute atomic E-state index is 0. The minimum Gasteiger partial charge on any atom is -0.0776 e. The van der Waals surface area contributed by atoms with Crippen LogP contribution in [0.15, 0.2) is 115 Å². The smallest absolute Gasteiger partial charge is 0.0130 e. The van der Waals surface area contributed by atoms with E-state index in [9.17, 15) is 0 Å². The highest BCUT2D eigenvalue weighted by molar-refractivity contribution is 5.87. The van der Waals surface area contributed by atoms with Gasteiger partial charge in [-0.1, -0.05) is 261 Å². The van der Waals surface area contributed by atoms with Crippen molar-refractivity contribution < 1.29 is 0 Å². The van der Waals surface area contributed by atoms with Crippen molar-refractivity contribution in [3.05, 3.63) is 188 Å². The van der Waals surface area contributed by atoms with Crippen LogP contribution in [0.4, 0.5) is 0 Å². The fourth-order valence-electron chi connectivity index (χ4n) is 12.6. The molecule has 0 aliphatic heterocycles. The zero-order chi connectivity index (χ0) is 55.7. The third-order valence-electron chi connectivity index (χ3n) is 15.9. The van der Waals surface area contributed by atoms with Crippen LogP contribution < -0.4 is 0 Å². The number of fused-ring (bicyclic) bond motifs is 3. The van der Waals surface area contributed by atoms with Crippen molar-refractivity contribution in [2.45, 2.75) is 246 Å². The second-order valence-corrected chi connectivity index (χ2v) is 26.2. The van der Waals surface area contributed by atoms with Gasteiger partial charge < -0.3 is 0 Å². The van der Waals surface area contributed by atoms with E-state index in [4.69, 9.17) is 0 Å². The molecule has 2 atom stereocenters. The van der Waals surface area contributed by atoms with Crippen LogP contribution in [0.2, 0.25) is 0 Å². The van der Waals surface area contributed by atoms with Crippen molar-refractivity contribution in [2.24, 2.45) is 29.6 Å². The Hall–Kier alpha value is -4.42. The first kappa shape index (κ1) is 65.9. The lowest BCUT2D eigenvalue weighted by molar-refractivity contribution is 0.429. The molecular weight excluding hydrogens is 913 g/mol. The standard InChI is InChI=1S/C17H22.C16H24.C15H22.C14H22.C13H20.CH4/c1-12(2)11-15-10-9-14-7-5-6-8-16(14)17(15)13(3)4;1-11(2)14-9-5-7-13-8-6-10-15(12(3)4)16(13)14;1-10(2)13-7-5-6-12-8-9-14(11(3)4)15(12)13;1-10(2)9-13-8-6-7-12(5)14(13)11(3)4;1-10(2)9-12-7-5-6-8-13(12)11(3)4;/h5-10,12-13H,11H2,1-4H3;5,7,9,11-12,15H,6,8,10H2,1-4H3;5-7,10-11,14H,8-9H2,1-4H3;6-8,10-11H,9H2,1-5H3;5-8,10-11H,9H2,1-4H3;1H4. The summed E-state index contributed by atoms with van der Waals surface area (Å²) in [5.74, 6) is 8.58. The van der Waals surface area contributed by atoms with Crippen molar-refractivity contribution in [1.29, 1.82) is 0 Å². The highest BCUT2D eigenvalue weighted by atomic mass is 14.3. The lowest BCUT2D eigenvalue weighted by atomic mass is 9.73.